The van der Waals surface area contributed by atoms with Crippen LogP contribution in [0.25, 0.3) is 0 Å². The molecule has 0 atom stereocenters. The van der Waals surface area contributed by atoms with E-state index < -0.39 is 5.97 Å². The van der Waals surface area contributed by atoms with Crippen molar-refractivity contribution in [2.75, 3.05) is 11.9 Å². The van der Waals surface area contributed by atoms with Crippen molar-refractivity contribution in [2.24, 2.45) is 7.05 Å². The maximum atomic E-state index is 13.3. The van der Waals surface area contributed by atoms with Crippen LogP contribution >= 0.6 is 0 Å². The van der Waals surface area contributed by atoms with Gasteiger partial charge in [0.2, 0.25) is 0 Å². The molecule has 3 rings (SSSR count). The number of allylic oxidation sites excluding steroid dienone is 3. The minimum absolute atomic E-state index is 0.0632. The summed E-state index contributed by atoms with van der Waals surface area (Å²) < 4.78 is 1.78. The Kier molecular flexibility index (Phi) is 6.72. The topological polar surface area (TPSA) is 87.5 Å². The van der Waals surface area contributed by atoms with Crippen LogP contribution in [-0.4, -0.2) is 38.2 Å². The minimum Gasteiger partial charge on any atom is -0.481 e. The van der Waals surface area contributed by atoms with Crippen LogP contribution in [0.1, 0.15) is 46.8 Å². The molecule has 7 nitrogen and oxygen atoms in total. The number of carboxylic acids is 1. The molecule has 30 heavy (non-hydrogen) atoms. The van der Waals surface area contributed by atoms with Crippen LogP contribution in [0.4, 0.5) is 5.82 Å². The molecule has 1 aliphatic rings. The number of rotatable bonds is 6. The molecule has 0 aliphatic carbocycles. The molecule has 0 saturated carbocycles. The van der Waals surface area contributed by atoms with Gasteiger partial charge in [0.1, 0.15) is 5.82 Å². The van der Waals surface area contributed by atoms with Crippen LogP contribution in [0.5, 0.6) is 0 Å². The summed E-state index contributed by atoms with van der Waals surface area (Å²) in [5, 5.41) is 16.6. The third kappa shape index (κ3) is 4.97. The number of hydrogen-bond acceptors (Lipinski definition) is 4. The quantitative estimate of drug-likeness (QED) is 0.762. The lowest BCUT2D eigenvalue weighted by atomic mass is 10.0. The Morgan fingerprint density at radius 2 is 2.10 bits per heavy atom. The van der Waals surface area contributed by atoms with Gasteiger partial charge in [-0.15, -0.1) is 0 Å². The molecule has 0 radical (unpaired) electrons. The molecule has 0 spiro atoms. The Labute approximate surface area is 176 Å². The summed E-state index contributed by atoms with van der Waals surface area (Å²) in [6.45, 7) is 4.91. The molecule has 158 valence electrons. The maximum Gasteiger partial charge on any atom is 0.303 e. The highest BCUT2D eigenvalue weighted by Gasteiger charge is 2.24. The molecule has 1 aromatic heterocycles. The van der Waals surface area contributed by atoms with E-state index in [0.29, 0.717) is 25.1 Å². The molecule has 1 aromatic carbocycles. The summed E-state index contributed by atoms with van der Waals surface area (Å²) in [6.07, 6.45) is 9.31. The average molecular weight is 409 g/mol. The highest BCUT2D eigenvalue weighted by Crippen LogP contribution is 2.25. The average Bonchev–Trinajstić information content (AvgIpc) is 2.94. The number of carbonyl (C=O) groups is 2. The lowest BCUT2D eigenvalue weighted by molar-refractivity contribution is -0.136. The number of fused-ring (bicyclic) bond motifs is 1. The van der Waals surface area contributed by atoms with Crippen molar-refractivity contribution < 1.29 is 14.7 Å². The number of amides is 1. The lowest BCUT2D eigenvalue weighted by Crippen LogP contribution is -2.32. The summed E-state index contributed by atoms with van der Waals surface area (Å²) >= 11 is 0. The minimum atomic E-state index is -0.824. The van der Waals surface area contributed by atoms with E-state index in [1.165, 1.54) is 0 Å². The van der Waals surface area contributed by atoms with Crippen molar-refractivity contribution in [3.63, 3.8) is 0 Å². The highest BCUT2D eigenvalue weighted by atomic mass is 16.4. The van der Waals surface area contributed by atoms with Gasteiger partial charge in [-0.1, -0.05) is 25.1 Å². The van der Waals surface area contributed by atoms with Crippen molar-refractivity contribution in [1.82, 2.24) is 14.7 Å². The largest absolute Gasteiger partial charge is 0.481 e. The molecule has 2 N–H and O–H groups in total. The summed E-state index contributed by atoms with van der Waals surface area (Å²) in [6, 6.07) is 5.50. The molecule has 0 fully saturated rings. The van der Waals surface area contributed by atoms with Gasteiger partial charge >= 0.3 is 5.97 Å². The zero-order chi connectivity index (χ0) is 21.7. The van der Waals surface area contributed by atoms with Gasteiger partial charge in [0, 0.05) is 30.3 Å². The molecule has 0 unspecified atom stereocenters. The standard InChI is InChI=1S/C23H28N4O3/c1-4-5-6-7-20-15-27(14-19-13-24-26(3)22(19)25-20)23(30)18-9-8-17(16(2)12-18)10-11-21(28)29/h5-9,12-13,25H,4,10-11,14-15H2,1-3H3,(H,28,29)/b6-5-,20-7+. The number of carbonyl (C=O) groups excluding carboxylic acids is 1. The van der Waals surface area contributed by atoms with Gasteiger partial charge in [0.05, 0.1) is 19.3 Å². The van der Waals surface area contributed by atoms with E-state index >= 15 is 0 Å². The third-order valence-electron chi connectivity index (χ3n) is 5.17. The van der Waals surface area contributed by atoms with Crippen molar-refractivity contribution in [3.8, 4) is 0 Å². The molecule has 0 saturated heterocycles. The Morgan fingerprint density at radius 3 is 2.80 bits per heavy atom. The van der Waals surface area contributed by atoms with Gasteiger partial charge in [-0.2, -0.15) is 5.10 Å². The van der Waals surface area contributed by atoms with Crippen molar-refractivity contribution in [3.05, 3.63) is 70.6 Å². The molecular weight excluding hydrogens is 380 g/mol. The molecule has 7 heteroatoms. The fourth-order valence-electron chi connectivity index (χ4n) is 3.51. The van der Waals surface area contributed by atoms with Gasteiger partial charge < -0.3 is 15.3 Å². The van der Waals surface area contributed by atoms with E-state index in [4.69, 9.17) is 5.11 Å². The van der Waals surface area contributed by atoms with E-state index in [2.05, 4.69) is 23.4 Å². The number of aromatic nitrogens is 2. The van der Waals surface area contributed by atoms with E-state index in [-0.39, 0.29) is 12.3 Å². The third-order valence-corrected chi connectivity index (χ3v) is 5.17. The molecule has 2 heterocycles. The predicted octanol–water partition coefficient (Wildman–Crippen LogP) is 3.66. The van der Waals surface area contributed by atoms with Crippen LogP contribution < -0.4 is 5.32 Å². The van der Waals surface area contributed by atoms with Crippen molar-refractivity contribution >= 4 is 17.7 Å². The Balaban J connectivity index is 1.86. The molecular formula is C23H28N4O3. The zero-order valence-electron chi connectivity index (χ0n) is 17.7. The van der Waals surface area contributed by atoms with E-state index in [1.54, 1.807) is 21.8 Å². The summed E-state index contributed by atoms with van der Waals surface area (Å²) in [7, 11) is 1.88. The normalized spacial score (nSPS) is 15.2. The number of aryl methyl sites for hydroxylation is 3. The molecule has 1 amide bonds. The van der Waals surface area contributed by atoms with Gasteiger partial charge in [0.15, 0.2) is 0 Å². The monoisotopic (exact) mass is 408 g/mol. The number of hydrogen-bond donors (Lipinski definition) is 2. The number of nitrogens with one attached hydrogen (secondary N) is 1. The highest BCUT2D eigenvalue weighted by molar-refractivity contribution is 5.95. The summed E-state index contributed by atoms with van der Waals surface area (Å²) in [5.41, 5.74) is 4.36. The van der Waals surface area contributed by atoms with Crippen molar-refractivity contribution in [1.29, 1.82) is 0 Å². The number of aliphatic carboxylic acids is 1. The Morgan fingerprint density at radius 1 is 1.30 bits per heavy atom. The fraction of sp³-hybridized carbons (Fsp3) is 0.348. The number of benzene rings is 1. The fourth-order valence-corrected chi connectivity index (χ4v) is 3.51. The molecule has 1 aliphatic heterocycles. The Bertz CT molecular complexity index is 1000. The van der Waals surface area contributed by atoms with Gasteiger partial charge in [0.25, 0.3) is 5.91 Å². The second kappa shape index (κ2) is 9.43. The summed E-state index contributed by atoms with van der Waals surface area (Å²) in [5.74, 6) is 0.00346. The van der Waals surface area contributed by atoms with Gasteiger partial charge in [-0.05, 0) is 49.1 Å². The van der Waals surface area contributed by atoms with Crippen molar-refractivity contribution in [2.45, 2.75) is 39.7 Å². The molecule has 2 aromatic rings. The number of anilines is 1. The first-order chi connectivity index (χ1) is 14.4. The predicted molar refractivity (Wildman–Crippen MR) is 116 cm³/mol. The SMILES string of the molecule is CC/C=C\C=C1/CN(C(=O)c2ccc(CCC(=O)O)c(C)c2)Cc2cnn(C)c2N1. The summed E-state index contributed by atoms with van der Waals surface area (Å²) in [4.78, 5) is 26.0. The van der Waals surface area contributed by atoms with Gasteiger partial charge in [-0.3, -0.25) is 14.3 Å². The Hall–Kier alpha value is -3.35. The lowest BCUT2D eigenvalue weighted by Gasteiger charge is -2.21. The smallest absolute Gasteiger partial charge is 0.303 e. The zero-order valence-corrected chi connectivity index (χ0v) is 17.7. The first-order valence-corrected chi connectivity index (χ1v) is 10.1. The second-order valence-corrected chi connectivity index (χ2v) is 7.49. The van der Waals surface area contributed by atoms with Crippen LogP contribution in [-0.2, 0) is 24.8 Å². The number of carboxylic acid groups (broad SMARTS) is 1. The van der Waals surface area contributed by atoms with Crippen LogP contribution in [0.3, 0.4) is 0 Å². The maximum absolute atomic E-state index is 13.3. The van der Waals surface area contributed by atoms with Crippen LogP contribution in [0.15, 0.2) is 48.3 Å². The second-order valence-electron chi connectivity index (χ2n) is 7.49. The van der Waals surface area contributed by atoms with Gasteiger partial charge in [-0.25, -0.2) is 0 Å². The van der Waals surface area contributed by atoms with E-state index in [0.717, 1.165) is 34.6 Å². The molecule has 0 bridgehead atoms. The first-order valence-electron chi connectivity index (χ1n) is 10.1. The van der Waals surface area contributed by atoms with Crippen LogP contribution in [0.2, 0.25) is 0 Å². The van der Waals surface area contributed by atoms with E-state index in [1.807, 2.05) is 38.3 Å². The number of nitrogens with zero attached hydrogens (tertiary/aromatic N) is 3. The van der Waals surface area contributed by atoms with E-state index in [9.17, 15) is 9.59 Å². The van der Waals surface area contributed by atoms with Crippen LogP contribution in [0, 0.1) is 6.92 Å². The first kappa shape index (κ1) is 21.4.